The number of thioether (sulfide) groups is 1. The van der Waals surface area contributed by atoms with Crippen LogP contribution in [0.3, 0.4) is 0 Å². The van der Waals surface area contributed by atoms with E-state index in [4.69, 9.17) is 0 Å². The molecule has 2 rings (SSSR count). The van der Waals surface area contributed by atoms with Crippen molar-refractivity contribution in [1.82, 2.24) is 0 Å². The fourth-order valence-corrected chi connectivity index (χ4v) is 2.28. The first-order valence-corrected chi connectivity index (χ1v) is 5.20. The van der Waals surface area contributed by atoms with Gasteiger partial charge in [0.2, 0.25) is 5.03 Å². The summed E-state index contributed by atoms with van der Waals surface area (Å²) in [6.07, 6.45) is 4.72. The largest absolute Gasteiger partial charge is 0.239 e. The molecular formula is C9H12NS+. The van der Waals surface area contributed by atoms with Gasteiger partial charge in [0.1, 0.15) is 6.54 Å². The van der Waals surface area contributed by atoms with Gasteiger partial charge in [0.05, 0.1) is 0 Å². The van der Waals surface area contributed by atoms with E-state index in [1.54, 1.807) is 0 Å². The van der Waals surface area contributed by atoms with Crippen LogP contribution in [0.15, 0.2) is 23.2 Å². The molecule has 2 heteroatoms. The van der Waals surface area contributed by atoms with Gasteiger partial charge < -0.3 is 0 Å². The van der Waals surface area contributed by atoms with Gasteiger partial charge in [-0.1, -0.05) is 11.8 Å². The van der Waals surface area contributed by atoms with E-state index < -0.39 is 0 Å². The normalized spacial score (nSPS) is 15.0. The maximum Gasteiger partial charge on any atom is 0.239 e. The van der Waals surface area contributed by atoms with Crippen LogP contribution in [0.1, 0.15) is 12.1 Å². The van der Waals surface area contributed by atoms with Crippen molar-refractivity contribution >= 4 is 11.8 Å². The molecule has 0 unspecified atom stereocenters. The standard InChI is InChI=1S/C9H12NS/c1-11-9-6-2-4-8-5-3-7-10(8)9/h2,4,6H,3,5,7H2,1H3/q+1. The Morgan fingerprint density at radius 2 is 2.36 bits per heavy atom. The van der Waals surface area contributed by atoms with Crippen molar-refractivity contribution in [3.05, 3.63) is 23.9 Å². The highest BCUT2D eigenvalue weighted by molar-refractivity contribution is 7.98. The topological polar surface area (TPSA) is 3.88 Å². The van der Waals surface area contributed by atoms with Gasteiger partial charge in [0.25, 0.3) is 0 Å². The first kappa shape index (κ1) is 7.17. The van der Waals surface area contributed by atoms with Gasteiger partial charge in [-0.25, -0.2) is 0 Å². The fourth-order valence-electron chi connectivity index (χ4n) is 1.63. The highest BCUT2D eigenvalue weighted by atomic mass is 32.2. The highest BCUT2D eigenvalue weighted by Crippen LogP contribution is 2.14. The molecule has 0 saturated carbocycles. The Morgan fingerprint density at radius 1 is 1.45 bits per heavy atom. The Hall–Kier alpha value is -0.500. The van der Waals surface area contributed by atoms with E-state index in [0.29, 0.717) is 0 Å². The van der Waals surface area contributed by atoms with Crippen molar-refractivity contribution < 1.29 is 4.57 Å². The number of aryl methyl sites for hydroxylation is 1. The molecule has 0 saturated heterocycles. The third-order valence-electron chi connectivity index (χ3n) is 2.16. The SMILES string of the molecule is CSc1cccc2[n+]1CCC2. The summed E-state index contributed by atoms with van der Waals surface area (Å²) in [5.74, 6) is 0. The number of hydrogen-bond donors (Lipinski definition) is 0. The minimum atomic E-state index is 1.21. The fraction of sp³-hybridized carbons (Fsp3) is 0.444. The van der Waals surface area contributed by atoms with Crippen molar-refractivity contribution in [2.75, 3.05) is 6.26 Å². The van der Waals surface area contributed by atoms with Crippen molar-refractivity contribution in [2.45, 2.75) is 24.4 Å². The Balaban J connectivity index is 2.50. The molecule has 1 aliphatic heterocycles. The third kappa shape index (κ3) is 1.16. The van der Waals surface area contributed by atoms with Gasteiger partial charge in [-0.2, -0.15) is 4.57 Å². The van der Waals surface area contributed by atoms with E-state index in [1.165, 1.54) is 30.1 Å². The third-order valence-corrected chi connectivity index (χ3v) is 2.94. The number of nitrogens with zero attached hydrogens (tertiary/aromatic N) is 1. The number of fused-ring (bicyclic) bond motifs is 1. The molecule has 0 fully saturated rings. The van der Waals surface area contributed by atoms with Crippen LogP contribution < -0.4 is 4.57 Å². The molecule has 1 aliphatic rings. The number of rotatable bonds is 1. The second-order valence-corrected chi connectivity index (χ2v) is 3.64. The average Bonchev–Trinajstić information content (AvgIpc) is 2.50. The average molecular weight is 166 g/mol. The van der Waals surface area contributed by atoms with Gasteiger partial charge in [-0.3, -0.25) is 0 Å². The number of pyridine rings is 1. The lowest BCUT2D eigenvalue weighted by atomic mass is 10.3. The molecule has 1 nitrogen and oxygen atoms in total. The lowest BCUT2D eigenvalue weighted by Crippen LogP contribution is -2.35. The second-order valence-electron chi connectivity index (χ2n) is 2.81. The zero-order chi connectivity index (χ0) is 7.68. The summed E-state index contributed by atoms with van der Waals surface area (Å²) in [6.45, 7) is 1.21. The molecule has 0 radical (unpaired) electrons. The molecule has 2 heterocycles. The predicted molar refractivity (Wildman–Crippen MR) is 46.7 cm³/mol. The molecule has 0 N–H and O–H groups in total. The predicted octanol–water partition coefficient (Wildman–Crippen LogP) is 1.64. The van der Waals surface area contributed by atoms with E-state index in [-0.39, 0.29) is 0 Å². The summed E-state index contributed by atoms with van der Waals surface area (Å²) >= 11 is 1.84. The molecule has 0 amide bonds. The molecule has 0 bridgehead atoms. The monoisotopic (exact) mass is 166 g/mol. The molecule has 11 heavy (non-hydrogen) atoms. The van der Waals surface area contributed by atoms with Gasteiger partial charge >= 0.3 is 0 Å². The summed E-state index contributed by atoms with van der Waals surface area (Å²) in [6, 6.07) is 6.58. The van der Waals surface area contributed by atoms with E-state index in [2.05, 4.69) is 29.0 Å². The highest BCUT2D eigenvalue weighted by Gasteiger charge is 2.21. The smallest absolute Gasteiger partial charge is 0.190 e. The Labute approximate surface area is 71.4 Å². The lowest BCUT2D eigenvalue weighted by molar-refractivity contribution is -0.726. The van der Waals surface area contributed by atoms with E-state index >= 15 is 0 Å². The Morgan fingerprint density at radius 3 is 3.18 bits per heavy atom. The van der Waals surface area contributed by atoms with E-state index in [9.17, 15) is 0 Å². The van der Waals surface area contributed by atoms with Gasteiger partial charge in [0, 0.05) is 25.0 Å². The maximum absolute atomic E-state index is 2.42. The van der Waals surface area contributed by atoms with Gasteiger partial charge in [-0.05, 0) is 12.3 Å². The molecule has 0 spiro atoms. The van der Waals surface area contributed by atoms with Crippen LogP contribution in [0.25, 0.3) is 0 Å². The molecule has 0 aromatic carbocycles. The van der Waals surface area contributed by atoms with Crippen molar-refractivity contribution in [2.24, 2.45) is 0 Å². The summed E-state index contributed by atoms with van der Waals surface area (Å²) in [4.78, 5) is 0. The summed E-state index contributed by atoms with van der Waals surface area (Å²) in [5, 5.41) is 1.40. The number of hydrogen-bond acceptors (Lipinski definition) is 1. The Bertz CT molecular complexity index is 270. The van der Waals surface area contributed by atoms with Crippen LogP contribution in [-0.2, 0) is 13.0 Å². The maximum atomic E-state index is 2.42. The van der Waals surface area contributed by atoms with Crippen LogP contribution in [0.5, 0.6) is 0 Å². The quantitative estimate of drug-likeness (QED) is 0.453. The zero-order valence-electron chi connectivity index (χ0n) is 6.71. The number of aromatic nitrogens is 1. The lowest BCUT2D eigenvalue weighted by Gasteiger charge is -1.96. The van der Waals surface area contributed by atoms with Gasteiger partial charge in [-0.15, -0.1) is 0 Å². The Kier molecular flexibility index (Phi) is 1.86. The van der Waals surface area contributed by atoms with Crippen LogP contribution >= 0.6 is 11.8 Å². The summed E-state index contributed by atoms with van der Waals surface area (Å²) in [5.41, 5.74) is 1.50. The molecule has 0 aliphatic carbocycles. The van der Waals surface area contributed by atoms with Crippen molar-refractivity contribution in [1.29, 1.82) is 0 Å². The summed E-state index contributed by atoms with van der Waals surface area (Å²) in [7, 11) is 0. The van der Waals surface area contributed by atoms with Crippen LogP contribution in [0, 0.1) is 0 Å². The van der Waals surface area contributed by atoms with E-state index in [1.807, 2.05) is 11.8 Å². The second kappa shape index (κ2) is 2.86. The van der Waals surface area contributed by atoms with Crippen molar-refractivity contribution in [3.8, 4) is 0 Å². The summed E-state index contributed by atoms with van der Waals surface area (Å²) < 4.78 is 2.42. The molecule has 1 aromatic rings. The van der Waals surface area contributed by atoms with Gasteiger partial charge in [0.15, 0.2) is 5.69 Å². The minimum Gasteiger partial charge on any atom is -0.190 e. The van der Waals surface area contributed by atoms with Crippen LogP contribution in [-0.4, -0.2) is 6.26 Å². The molecular weight excluding hydrogens is 154 g/mol. The molecule has 58 valence electrons. The van der Waals surface area contributed by atoms with E-state index in [0.717, 1.165) is 0 Å². The first-order chi connectivity index (χ1) is 5.42. The molecule has 0 atom stereocenters. The van der Waals surface area contributed by atoms with Crippen LogP contribution in [0.4, 0.5) is 0 Å². The zero-order valence-corrected chi connectivity index (χ0v) is 7.53. The molecule has 1 aromatic heterocycles. The van der Waals surface area contributed by atoms with Crippen molar-refractivity contribution in [3.63, 3.8) is 0 Å². The van der Waals surface area contributed by atoms with Crippen LogP contribution in [0.2, 0.25) is 0 Å². The first-order valence-electron chi connectivity index (χ1n) is 3.97. The minimum absolute atomic E-state index is 1.21.